The zero-order valence-corrected chi connectivity index (χ0v) is 14.4. The van der Waals surface area contributed by atoms with Gasteiger partial charge in [-0.3, -0.25) is 0 Å². The maximum atomic E-state index is 12.2. The minimum absolute atomic E-state index is 0.336. The molecule has 4 rings (SSSR count). The van der Waals surface area contributed by atoms with Gasteiger partial charge in [-0.05, 0) is 5.56 Å². The van der Waals surface area contributed by atoms with E-state index >= 15 is 0 Å². The maximum absolute atomic E-state index is 12.2. The highest BCUT2D eigenvalue weighted by atomic mass is 32.1. The number of aliphatic hydroxyl groups is 1. The zero-order valence-electron chi connectivity index (χ0n) is 13.6. The van der Waals surface area contributed by atoms with Gasteiger partial charge in [0.05, 0.1) is 18.6 Å². The second-order valence-corrected chi connectivity index (χ2v) is 6.83. The van der Waals surface area contributed by atoms with Crippen LogP contribution in [0.25, 0.3) is 21.3 Å². The Balaban J connectivity index is 1.87. The number of hydrogen-bond donors (Lipinski definition) is 1. The van der Waals surface area contributed by atoms with Gasteiger partial charge in [-0.1, -0.05) is 30.3 Å². The Morgan fingerprint density at radius 1 is 1.32 bits per heavy atom. The fraction of sp³-hybridized carbons (Fsp3) is 0.278. The summed E-state index contributed by atoms with van der Waals surface area (Å²) >= 11 is 1.54. The van der Waals surface area contributed by atoms with Crippen molar-refractivity contribution in [2.75, 3.05) is 18.6 Å². The van der Waals surface area contributed by atoms with Crippen LogP contribution in [0.2, 0.25) is 0 Å². The minimum Gasteiger partial charge on any atom is -0.467 e. The first-order valence-electron chi connectivity index (χ1n) is 7.99. The molecule has 1 aliphatic heterocycles. The summed E-state index contributed by atoms with van der Waals surface area (Å²) in [6.45, 7) is 0.343. The number of nitrogens with zero attached hydrogens (tertiary/aromatic N) is 3. The van der Waals surface area contributed by atoms with E-state index in [1.54, 1.807) is 11.3 Å². The second-order valence-electron chi connectivity index (χ2n) is 5.97. The largest absolute Gasteiger partial charge is 0.467 e. The summed E-state index contributed by atoms with van der Waals surface area (Å²) in [7, 11) is 1.36. The van der Waals surface area contributed by atoms with E-state index in [0.717, 1.165) is 21.3 Å². The van der Waals surface area contributed by atoms with Crippen LogP contribution in [0.5, 0.6) is 0 Å². The number of carbonyl (C=O) groups excluding carboxylic acids is 1. The number of rotatable bonds is 3. The summed E-state index contributed by atoms with van der Waals surface area (Å²) in [5.74, 6) is 0.303. The molecule has 3 aromatic rings. The number of benzene rings is 1. The monoisotopic (exact) mass is 355 g/mol. The number of fused-ring (bicyclic) bond motifs is 1. The molecule has 2 atom stereocenters. The normalized spacial score (nSPS) is 20.2. The first-order chi connectivity index (χ1) is 12.2. The molecule has 1 N–H and O–H groups in total. The Morgan fingerprint density at radius 2 is 2.12 bits per heavy atom. The number of methoxy groups -OCH3 is 1. The van der Waals surface area contributed by atoms with Gasteiger partial charge in [0.15, 0.2) is 0 Å². The third-order valence-electron chi connectivity index (χ3n) is 4.46. The number of β-amino-alcohol motifs (C(OH)–C–C–N with tert-alkyl or cyclic N) is 1. The molecule has 25 heavy (non-hydrogen) atoms. The van der Waals surface area contributed by atoms with E-state index in [1.165, 1.54) is 13.4 Å². The van der Waals surface area contributed by atoms with Gasteiger partial charge in [0.1, 0.15) is 23.0 Å². The lowest BCUT2D eigenvalue weighted by molar-refractivity contribution is -0.142. The minimum atomic E-state index is -0.590. The lowest BCUT2D eigenvalue weighted by Gasteiger charge is -2.24. The lowest BCUT2D eigenvalue weighted by Crippen LogP contribution is -2.37. The predicted octanol–water partition coefficient (Wildman–Crippen LogP) is 2.47. The number of hydrogen-bond acceptors (Lipinski definition) is 7. The summed E-state index contributed by atoms with van der Waals surface area (Å²) < 4.78 is 4.91. The molecular formula is C18H17N3O3S. The Bertz CT molecular complexity index is 912. The summed E-state index contributed by atoms with van der Waals surface area (Å²) in [4.78, 5) is 23.7. The smallest absolute Gasteiger partial charge is 0.328 e. The molecule has 128 valence electrons. The molecule has 0 amide bonds. The first kappa shape index (κ1) is 16.0. The maximum Gasteiger partial charge on any atom is 0.328 e. The van der Waals surface area contributed by atoms with Crippen LogP contribution in [-0.2, 0) is 9.53 Å². The molecule has 1 aliphatic rings. The molecule has 1 aromatic carbocycles. The summed E-state index contributed by atoms with van der Waals surface area (Å²) in [5.41, 5.74) is 2.10. The van der Waals surface area contributed by atoms with E-state index in [9.17, 15) is 9.90 Å². The summed E-state index contributed by atoms with van der Waals surface area (Å²) in [6.07, 6.45) is 1.25. The molecule has 2 aromatic heterocycles. The van der Waals surface area contributed by atoms with Gasteiger partial charge < -0.3 is 14.7 Å². The van der Waals surface area contributed by atoms with Gasteiger partial charge in [0.2, 0.25) is 0 Å². The number of aliphatic hydroxyl groups excluding tert-OH is 1. The summed E-state index contributed by atoms with van der Waals surface area (Å²) in [6, 6.07) is 9.48. The van der Waals surface area contributed by atoms with Crippen LogP contribution < -0.4 is 4.90 Å². The zero-order chi connectivity index (χ0) is 17.4. The highest BCUT2D eigenvalue weighted by Gasteiger charge is 2.38. The molecule has 0 aliphatic carbocycles. The fourth-order valence-electron chi connectivity index (χ4n) is 3.31. The molecule has 1 fully saturated rings. The molecule has 0 saturated carbocycles. The third-order valence-corrected chi connectivity index (χ3v) is 5.35. The van der Waals surface area contributed by atoms with Crippen molar-refractivity contribution in [2.45, 2.75) is 18.6 Å². The number of aromatic nitrogens is 2. The van der Waals surface area contributed by atoms with Crippen LogP contribution in [0.1, 0.15) is 6.42 Å². The molecule has 3 heterocycles. The number of esters is 1. The SMILES string of the molecule is COC(=O)C1CC(O)CN1c1ncnc2scc(-c3ccccc3)c12. The van der Waals surface area contributed by atoms with Gasteiger partial charge in [-0.15, -0.1) is 11.3 Å². The van der Waals surface area contributed by atoms with E-state index in [1.807, 2.05) is 35.2 Å². The summed E-state index contributed by atoms with van der Waals surface area (Å²) in [5, 5.41) is 13.1. The van der Waals surface area contributed by atoms with Crippen LogP contribution in [0.3, 0.4) is 0 Å². The number of thiophene rings is 1. The topological polar surface area (TPSA) is 75.6 Å². The standard InChI is InChI=1S/C18H17N3O3S/c1-24-18(23)14-7-12(22)8-21(14)16-15-13(11-5-3-2-4-6-11)9-25-17(15)20-10-19-16/h2-6,9-10,12,14,22H,7-8H2,1H3. The molecule has 0 spiro atoms. The van der Waals surface area contributed by atoms with Crippen molar-refractivity contribution in [2.24, 2.45) is 0 Å². The quantitative estimate of drug-likeness (QED) is 0.728. The van der Waals surface area contributed by atoms with Gasteiger partial charge in [0, 0.05) is 23.9 Å². The average Bonchev–Trinajstić information content (AvgIpc) is 3.25. The van der Waals surface area contributed by atoms with Crippen molar-refractivity contribution in [3.05, 3.63) is 42.0 Å². The van der Waals surface area contributed by atoms with Crippen LogP contribution in [0.4, 0.5) is 5.82 Å². The highest BCUT2D eigenvalue weighted by molar-refractivity contribution is 7.17. The van der Waals surface area contributed by atoms with Gasteiger partial charge in [-0.2, -0.15) is 0 Å². The van der Waals surface area contributed by atoms with Crippen LogP contribution >= 0.6 is 11.3 Å². The van der Waals surface area contributed by atoms with E-state index in [4.69, 9.17) is 4.74 Å². The second kappa shape index (κ2) is 6.42. The van der Waals surface area contributed by atoms with Crippen LogP contribution in [0, 0.1) is 0 Å². The fourth-order valence-corrected chi connectivity index (χ4v) is 4.23. The lowest BCUT2D eigenvalue weighted by atomic mass is 10.1. The number of ether oxygens (including phenoxy) is 1. The number of carbonyl (C=O) groups is 1. The van der Waals surface area contributed by atoms with E-state index in [2.05, 4.69) is 15.3 Å². The van der Waals surface area contributed by atoms with Gasteiger partial charge >= 0.3 is 5.97 Å². The molecule has 2 unspecified atom stereocenters. The Hall–Kier alpha value is -2.51. The van der Waals surface area contributed by atoms with Crippen molar-refractivity contribution in [3.8, 4) is 11.1 Å². The van der Waals surface area contributed by atoms with Crippen LogP contribution in [0.15, 0.2) is 42.0 Å². The molecule has 6 nitrogen and oxygen atoms in total. The highest BCUT2D eigenvalue weighted by Crippen LogP contribution is 2.39. The Kier molecular flexibility index (Phi) is 4.10. The van der Waals surface area contributed by atoms with E-state index in [0.29, 0.717) is 18.8 Å². The van der Waals surface area contributed by atoms with E-state index in [-0.39, 0.29) is 5.97 Å². The van der Waals surface area contributed by atoms with Gasteiger partial charge in [0.25, 0.3) is 0 Å². The Morgan fingerprint density at radius 3 is 2.88 bits per heavy atom. The van der Waals surface area contributed by atoms with E-state index < -0.39 is 12.1 Å². The van der Waals surface area contributed by atoms with Crippen molar-refractivity contribution in [1.29, 1.82) is 0 Å². The number of anilines is 1. The molecule has 7 heteroatoms. The third kappa shape index (κ3) is 2.75. The predicted molar refractivity (Wildman–Crippen MR) is 96.6 cm³/mol. The van der Waals surface area contributed by atoms with Crippen molar-refractivity contribution in [1.82, 2.24) is 9.97 Å². The van der Waals surface area contributed by atoms with Crippen molar-refractivity contribution in [3.63, 3.8) is 0 Å². The Labute approximate surface area is 148 Å². The molecule has 1 saturated heterocycles. The van der Waals surface area contributed by atoms with Crippen molar-refractivity contribution < 1.29 is 14.6 Å². The van der Waals surface area contributed by atoms with Crippen LogP contribution in [-0.4, -0.2) is 46.8 Å². The molecular weight excluding hydrogens is 338 g/mol. The average molecular weight is 355 g/mol. The molecule has 0 radical (unpaired) electrons. The first-order valence-corrected chi connectivity index (χ1v) is 8.87. The van der Waals surface area contributed by atoms with Crippen molar-refractivity contribution >= 4 is 33.3 Å². The van der Waals surface area contributed by atoms with Gasteiger partial charge in [-0.25, -0.2) is 14.8 Å². The molecule has 0 bridgehead atoms.